The molecule has 0 spiro atoms. The lowest BCUT2D eigenvalue weighted by molar-refractivity contribution is -0.136. The first-order valence-corrected chi connectivity index (χ1v) is 12.9. The Kier molecular flexibility index (Phi) is 10.9. The maximum Gasteiger partial charge on any atom is 0.407 e. The van der Waals surface area contributed by atoms with E-state index in [0.717, 1.165) is 5.56 Å². The van der Waals surface area contributed by atoms with E-state index < -0.39 is 41.6 Å². The molecule has 1 heterocycles. The van der Waals surface area contributed by atoms with Crippen molar-refractivity contribution in [3.8, 4) is 0 Å². The van der Waals surface area contributed by atoms with Gasteiger partial charge in [0.05, 0.1) is 6.04 Å². The van der Waals surface area contributed by atoms with Crippen LogP contribution in [0.5, 0.6) is 0 Å². The normalized spacial score (nSPS) is 17.0. The minimum absolute atomic E-state index is 0.0894. The lowest BCUT2D eigenvalue weighted by atomic mass is 9.94. The molecule has 1 saturated heterocycles. The van der Waals surface area contributed by atoms with Gasteiger partial charge in [0.15, 0.2) is 6.10 Å². The second-order valence-electron chi connectivity index (χ2n) is 11.2. The number of aliphatic hydroxyl groups excluding tert-OH is 1. The SMILES string of the molecule is CC(C)CC(NC(=O)C1CCN(C(=O)O)CC1)C(=O)NC(Cc1ccccc1)C(O)C(=O)NC(C)(C)C. The second-order valence-corrected chi connectivity index (χ2v) is 11.2. The Balaban J connectivity index is 2.15. The predicted molar refractivity (Wildman–Crippen MR) is 140 cm³/mol. The van der Waals surface area contributed by atoms with Crippen LogP contribution < -0.4 is 16.0 Å². The Bertz CT molecular complexity index is 923. The van der Waals surface area contributed by atoms with Gasteiger partial charge in [-0.25, -0.2) is 4.79 Å². The monoisotopic (exact) mass is 518 g/mol. The number of likely N-dealkylation sites (tertiary alicyclic amines) is 1. The van der Waals surface area contributed by atoms with Gasteiger partial charge in [0.1, 0.15) is 6.04 Å². The molecule has 2 rings (SSSR count). The third-order valence-corrected chi connectivity index (χ3v) is 6.25. The standard InChI is InChI=1S/C27H42N4O6/c1-17(2)15-21(29-23(33)19-11-13-31(14-12-19)26(36)37)24(34)28-20(16-18-9-7-6-8-10-18)22(32)25(35)30-27(3,4)5/h6-10,17,19-22,32H,11-16H2,1-5H3,(H,28,34)(H,29,33)(H,30,35)(H,36,37). The lowest BCUT2D eigenvalue weighted by Gasteiger charge is -2.32. The number of amides is 4. The minimum Gasteiger partial charge on any atom is -0.465 e. The van der Waals surface area contributed by atoms with Crippen molar-refractivity contribution < 1.29 is 29.4 Å². The van der Waals surface area contributed by atoms with Crippen molar-refractivity contribution >= 4 is 23.8 Å². The van der Waals surface area contributed by atoms with Gasteiger partial charge >= 0.3 is 6.09 Å². The highest BCUT2D eigenvalue weighted by Gasteiger charge is 2.34. The number of hydrogen-bond acceptors (Lipinski definition) is 5. The molecule has 0 aliphatic carbocycles. The summed E-state index contributed by atoms with van der Waals surface area (Å²) in [5.41, 5.74) is 0.272. The van der Waals surface area contributed by atoms with Crippen LogP contribution in [-0.2, 0) is 20.8 Å². The molecule has 1 fully saturated rings. The van der Waals surface area contributed by atoms with Crippen LogP contribution >= 0.6 is 0 Å². The zero-order valence-corrected chi connectivity index (χ0v) is 22.5. The van der Waals surface area contributed by atoms with Gasteiger partial charge in [0.25, 0.3) is 5.91 Å². The first-order valence-electron chi connectivity index (χ1n) is 12.9. The highest BCUT2D eigenvalue weighted by Crippen LogP contribution is 2.18. The maximum atomic E-state index is 13.4. The van der Waals surface area contributed by atoms with Crippen LogP contribution in [-0.4, -0.2) is 75.7 Å². The number of benzene rings is 1. The Morgan fingerprint density at radius 1 is 1.00 bits per heavy atom. The van der Waals surface area contributed by atoms with Gasteiger partial charge in [-0.3, -0.25) is 14.4 Å². The van der Waals surface area contributed by atoms with Crippen LogP contribution in [0.4, 0.5) is 4.79 Å². The molecule has 0 saturated carbocycles. The molecular weight excluding hydrogens is 476 g/mol. The van der Waals surface area contributed by atoms with Crippen molar-refractivity contribution in [2.24, 2.45) is 11.8 Å². The second kappa shape index (κ2) is 13.4. The molecule has 1 aliphatic heterocycles. The molecule has 37 heavy (non-hydrogen) atoms. The average Bonchev–Trinajstić information content (AvgIpc) is 2.82. The highest BCUT2D eigenvalue weighted by atomic mass is 16.4. The smallest absolute Gasteiger partial charge is 0.407 e. The topological polar surface area (TPSA) is 148 Å². The summed E-state index contributed by atoms with van der Waals surface area (Å²) < 4.78 is 0. The van der Waals surface area contributed by atoms with Gasteiger partial charge in [0.2, 0.25) is 11.8 Å². The number of carbonyl (C=O) groups is 4. The number of carbonyl (C=O) groups excluding carboxylic acids is 3. The van der Waals surface area contributed by atoms with Gasteiger partial charge in [0, 0.05) is 24.5 Å². The van der Waals surface area contributed by atoms with Crippen LogP contribution in [0.3, 0.4) is 0 Å². The number of aliphatic hydroxyl groups is 1. The largest absolute Gasteiger partial charge is 0.465 e. The summed E-state index contributed by atoms with van der Waals surface area (Å²) in [6, 6.07) is 7.47. The number of hydrogen-bond donors (Lipinski definition) is 5. The van der Waals surface area contributed by atoms with Crippen molar-refractivity contribution in [3.05, 3.63) is 35.9 Å². The van der Waals surface area contributed by atoms with Crippen molar-refractivity contribution in [3.63, 3.8) is 0 Å². The number of nitrogens with zero attached hydrogens (tertiary/aromatic N) is 1. The van der Waals surface area contributed by atoms with Gasteiger partial charge in [-0.1, -0.05) is 44.2 Å². The summed E-state index contributed by atoms with van der Waals surface area (Å²) in [6.07, 6.45) is -1.14. The van der Waals surface area contributed by atoms with Gasteiger partial charge in [-0.05, 0) is 57.9 Å². The summed E-state index contributed by atoms with van der Waals surface area (Å²) in [6.45, 7) is 9.81. The molecule has 4 amide bonds. The predicted octanol–water partition coefficient (Wildman–Crippen LogP) is 1.91. The van der Waals surface area contributed by atoms with E-state index >= 15 is 0 Å². The van der Waals surface area contributed by atoms with Gasteiger partial charge < -0.3 is 31.1 Å². The number of carboxylic acid groups (broad SMARTS) is 1. The Morgan fingerprint density at radius 2 is 1.59 bits per heavy atom. The van der Waals surface area contributed by atoms with Crippen LogP contribution in [0.25, 0.3) is 0 Å². The van der Waals surface area contributed by atoms with E-state index in [-0.39, 0.29) is 37.3 Å². The number of nitrogens with one attached hydrogen (secondary N) is 3. The highest BCUT2D eigenvalue weighted by molar-refractivity contribution is 5.89. The summed E-state index contributed by atoms with van der Waals surface area (Å²) in [4.78, 5) is 51.6. The molecule has 0 bridgehead atoms. The molecular formula is C27H42N4O6. The van der Waals surface area contributed by atoms with Crippen LogP contribution in [0.2, 0.25) is 0 Å². The van der Waals surface area contributed by atoms with E-state index in [0.29, 0.717) is 19.3 Å². The van der Waals surface area contributed by atoms with Crippen LogP contribution in [0.1, 0.15) is 59.4 Å². The average molecular weight is 519 g/mol. The molecule has 0 aromatic heterocycles. The molecule has 206 valence electrons. The molecule has 3 unspecified atom stereocenters. The van der Waals surface area contributed by atoms with Crippen molar-refractivity contribution in [2.75, 3.05) is 13.1 Å². The Labute approximate surface area is 219 Å². The number of rotatable bonds is 10. The minimum atomic E-state index is -1.50. The van der Waals surface area contributed by atoms with Crippen molar-refractivity contribution in [2.45, 2.75) is 84.0 Å². The molecule has 10 nitrogen and oxygen atoms in total. The summed E-state index contributed by atoms with van der Waals surface area (Å²) in [7, 11) is 0. The third-order valence-electron chi connectivity index (χ3n) is 6.25. The quantitative estimate of drug-likeness (QED) is 0.320. The van der Waals surface area contributed by atoms with Gasteiger partial charge in [-0.15, -0.1) is 0 Å². The van der Waals surface area contributed by atoms with E-state index in [1.54, 1.807) is 20.8 Å². The zero-order chi connectivity index (χ0) is 27.8. The fourth-order valence-electron chi connectivity index (χ4n) is 4.34. The molecule has 1 aromatic rings. The first-order chi connectivity index (χ1) is 17.3. The summed E-state index contributed by atoms with van der Waals surface area (Å²) in [5.74, 6) is -1.67. The van der Waals surface area contributed by atoms with E-state index in [4.69, 9.17) is 5.11 Å². The Morgan fingerprint density at radius 3 is 2.11 bits per heavy atom. The van der Waals surface area contributed by atoms with E-state index in [1.807, 2.05) is 44.2 Å². The van der Waals surface area contributed by atoms with E-state index in [9.17, 15) is 24.3 Å². The lowest BCUT2D eigenvalue weighted by Crippen LogP contribution is -2.58. The summed E-state index contributed by atoms with van der Waals surface area (Å²) >= 11 is 0. The zero-order valence-electron chi connectivity index (χ0n) is 22.5. The Hall–Kier alpha value is -3.14. The molecule has 5 N–H and O–H groups in total. The van der Waals surface area contributed by atoms with Crippen LogP contribution in [0, 0.1) is 11.8 Å². The van der Waals surface area contributed by atoms with Crippen molar-refractivity contribution in [1.82, 2.24) is 20.9 Å². The molecule has 1 aromatic carbocycles. The van der Waals surface area contributed by atoms with Crippen LogP contribution in [0.15, 0.2) is 30.3 Å². The maximum absolute atomic E-state index is 13.4. The van der Waals surface area contributed by atoms with Gasteiger partial charge in [-0.2, -0.15) is 0 Å². The molecule has 3 atom stereocenters. The fourth-order valence-corrected chi connectivity index (χ4v) is 4.34. The molecule has 0 radical (unpaired) electrons. The third kappa shape index (κ3) is 10.0. The molecule has 1 aliphatic rings. The number of piperidine rings is 1. The van der Waals surface area contributed by atoms with E-state index in [1.165, 1.54) is 4.90 Å². The first kappa shape index (κ1) is 30.1. The van der Waals surface area contributed by atoms with Crippen molar-refractivity contribution in [1.29, 1.82) is 0 Å². The summed E-state index contributed by atoms with van der Waals surface area (Å²) in [5, 5.41) is 28.4. The molecule has 10 heteroatoms. The fraction of sp³-hybridized carbons (Fsp3) is 0.630. The van der Waals surface area contributed by atoms with E-state index in [2.05, 4.69) is 16.0 Å².